The molecule has 1 saturated heterocycles. The maximum absolute atomic E-state index is 12.1. The van der Waals surface area contributed by atoms with Crippen molar-refractivity contribution in [2.45, 2.75) is 25.2 Å². The fourth-order valence-corrected chi connectivity index (χ4v) is 1.59. The van der Waals surface area contributed by atoms with Crippen molar-refractivity contribution in [3.05, 3.63) is 12.4 Å². The average Bonchev–Trinajstić information content (AvgIpc) is 2.75. The Kier molecular flexibility index (Phi) is 3.04. The molecule has 1 aliphatic heterocycles. The Balaban J connectivity index is 1.91. The summed E-state index contributed by atoms with van der Waals surface area (Å²) in [4.78, 5) is 0. The molecular weight excluding hydrogens is 223 g/mol. The normalized spacial score (nSPS) is 21.3. The van der Waals surface area contributed by atoms with Crippen molar-refractivity contribution in [2.75, 3.05) is 18.5 Å². The fourth-order valence-electron chi connectivity index (χ4n) is 1.59. The lowest BCUT2D eigenvalue weighted by atomic mass is 10.2. The summed E-state index contributed by atoms with van der Waals surface area (Å²) in [6, 6.07) is 0.170. The Bertz CT molecular complexity index is 344. The average molecular weight is 235 g/mol. The Labute approximate surface area is 90.4 Å². The number of rotatable bonds is 3. The highest BCUT2D eigenvalue weighted by Crippen LogP contribution is 2.19. The minimum Gasteiger partial charge on any atom is -0.379 e. The molecule has 4 nitrogen and oxygen atoms in total. The second-order valence-electron chi connectivity index (χ2n) is 3.75. The van der Waals surface area contributed by atoms with Gasteiger partial charge in [-0.15, -0.1) is 0 Å². The van der Waals surface area contributed by atoms with Crippen LogP contribution >= 0.6 is 0 Å². The van der Waals surface area contributed by atoms with Crippen molar-refractivity contribution in [2.24, 2.45) is 0 Å². The van der Waals surface area contributed by atoms with Crippen LogP contribution in [0.2, 0.25) is 0 Å². The van der Waals surface area contributed by atoms with Gasteiger partial charge in [0.2, 0.25) is 0 Å². The number of anilines is 1. The van der Waals surface area contributed by atoms with Crippen LogP contribution < -0.4 is 5.32 Å². The number of hydrogen-bond acceptors (Lipinski definition) is 3. The SMILES string of the molecule is FC(F)(F)Cn1cc(NC2CCOC2)cn1. The second-order valence-corrected chi connectivity index (χ2v) is 3.75. The van der Waals surface area contributed by atoms with Gasteiger partial charge in [0.15, 0.2) is 0 Å². The number of nitrogens with one attached hydrogen (secondary N) is 1. The highest BCUT2D eigenvalue weighted by Gasteiger charge is 2.28. The molecule has 1 fully saturated rings. The van der Waals surface area contributed by atoms with Crippen molar-refractivity contribution in [3.8, 4) is 0 Å². The van der Waals surface area contributed by atoms with Crippen LogP contribution in [0.5, 0.6) is 0 Å². The molecular formula is C9H12F3N3O. The van der Waals surface area contributed by atoms with Gasteiger partial charge in [-0.3, -0.25) is 4.68 Å². The zero-order valence-electron chi connectivity index (χ0n) is 8.50. The Morgan fingerprint density at radius 1 is 1.56 bits per heavy atom. The summed E-state index contributed by atoms with van der Waals surface area (Å²) in [5, 5.41) is 6.71. The van der Waals surface area contributed by atoms with E-state index in [9.17, 15) is 13.2 Å². The van der Waals surface area contributed by atoms with Gasteiger partial charge in [0, 0.05) is 12.8 Å². The molecule has 0 aromatic carbocycles. The predicted octanol–water partition coefficient (Wildman–Crippen LogP) is 1.65. The zero-order chi connectivity index (χ0) is 11.6. The van der Waals surface area contributed by atoms with E-state index in [1.165, 1.54) is 12.4 Å². The molecule has 7 heteroatoms. The monoisotopic (exact) mass is 235 g/mol. The third-order valence-electron chi connectivity index (χ3n) is 2.28. The predicted molar refractivity (Wildman–Crippen MR) is 51.1 cm³/mol. The van der Waals surface area contributed by atoms with Crippen molar-refractivity contribution < 1.29 is 17.9 Å². The fraction of sp³-hybridized carbons (Fsp3) is 0.667. The molecule has 1 unspecified atom stereocenters. The van der Waals surface area contributed by atoms with E-state index >= 15 is 0 Å². The maximum Gasteiger partial charge on any atom is 0.408 e. The summed E-state index contributed by atoms with van der Waals surface area (Å²) in [6.07, 6.45) is -0.625. The molecule has 90 valence electrons. The molecule has 1 aromatic heterocycles. The third-order valence-corrected chi connectivity index (χ3v) is 2.28. The lowest BCUT2D eigenvalue weighted by Crippen LogP contribution is -2.19. The van der Waals surface area contributed by atoms with Crippen LogP contribution in [0.15, 0.2) is 12.4 Å². The molecule has 1 N–H and O–H groups in total. The maximum atomic E-state index is 12.1. The lowest BCUT2D eigenvalue weighted by Gasteiger charge is -2.09. The topological polar surface area (TPSA) is 39.1 Å². The summed E-state index contributed by atoms with van der Waals surface area (Å²) in [6.45, 7) is 0.217. The molecule has 0 amide bonds. The van der Waals surface area contributed by atoms with Gasteiger partial charge in [0.05, 0.1) is 24.5 Å². The van der Waals surface area contributed by atoms with E-state index in [-0.39, 0.29) is 6.04 Å². The van der Waals surface area contributed by atoms with E-state index in [1.54, 1.807) is 0 Å². The van der Waals surface area contributed by atoms with Gasteiger partial charge in [-0.25, -0.2) is 0 Å². The number of hydrogen-bond donors (Lipinski definition) is 1. The Hall–Kier alpha value is -1.24. The van der Waals surface area contributed by atoms with Gasteiger partial charge >= 0.3 is 6.18 Å². The van der Waals surface area contributed by atoms with E-state index in [0.29, 0.717) is 18.9 Å². The van der Waals surface area contributed by atoms with Crippen LogP contribution in [0.25, 0.3) is 0 Å². The van der Waals surface area contributed by atoms with E-state index in [1.807, 2.05) is 0 Å². The van der Waals surface area contributed by atoms with Gasteiger partial charge < -0.3 is 10.1 Å². The number of aromatic nitrogens is 2. The summed E-state index contributed by atoms with van der Waals surface area (Å²) in [5.74, 6) is 0. The molecule has 0 spiro atoms. The molecule has 16 heavy (non-hydrogen) atoms. The Morgan fingerprint density at radius 3 is 3.00 bits per heavy atom. The largest absolute Gasteiger partial charge is 0.408 e. The van der Waals surface area contributed by atoms with Crippen LogP contribution in [0.4, 0.5) is 18.9 Å². The number of nitrogens with zero attached hydrogens (tertiary/aromatic N) is 2. The van der Waals surface area contributed by atoms with Crippen LogP contribution in [0.1, 0.15) is 6.42 Å². The van der Waals surface area contributed by atoms with E-state index in [0.717, 1.165) is 11.1 Å². The molecule has 0 bridgehead atoms. The van der Waals surface area contributed by atoms with Crippen molar-refractivity contribution in [1.82, 2.24) is 9.78 Å². The van der Waals surface area contributed by atoms with Crippen LogP contribution in [-0.2, 0) is 11.3 Å². The Morgan fingerprint density at radius 2 is 2.38 bits per heavy atom. The van der Waals surface area contributed by atoms with Crippen molar-refractivity contribution >= 4 is 5.69 Å². The summed E-state index contributed by atoms with van der Waals surface area (Å²) >= 11 is 0. The van der Waals surface area contributed by atoms with E-state index < -0.39 is 12.7 Å². The van der Waals surface area contributed by atoms with Crippen LogP contribution in [-0.4, -0.2) is 35.2 Å². The molecule has 0 saturated carbocycles. The van der Waals surface area contributed by atoms with E-state index in [2.05, 4.69) is 10.4 Å². The first-order valence-electron chi connectivity index (χ1n) is 4.96. The molecule has 1 aliphatic rings. The summed E-state index contributed by atoms with van der Waals surface area (Å²) in [5.41, 5.74) is 0.597. The molecule has 1 aromatic rings. The van der Waals surface area contributed by atoms with Crippen LogP contribution in [0, 0.1) is 0 Å². The number of halogens is 3. The minimum absolute atomic E-state index is 0.170. The quantitative estimate of drug-likeness (QED) is 0.865. The molecule has 0 aliphatic carbocycles. The first kappa shape index (κ1) is 11.3. The number of alkyl halides is 3. The van der Waals surface area contributed by atoms with Gasteiger partial charge in [-0.2, -0.15) is 18.3 Å². The second kappa shape index (κ2) is 4.32. The number of ether oxygens (including phenoxy) is 1. The van der Waals surface area contributed by atoms with Crippen LogP contribution in [0.3, 0.4) is 0 Å². The third kappa shape index (κ3) is 3.13. The first-order valence-corrected chi connectivity index (χ1v) is 4.96. The van der Waals surface area contributed by atoms with E-state index in [4.69, 9.17) is 4.74 Å². The minimum atomic E-state index is -4.24. The van der Waals surface area contributed by atoms with Gasteiger partial charge in [-0.1, -0.05) is 0 Å². The van der Waals surface area contributed by atoms with Crippen molar-refractivity contribution in [1.29, 1.82) is 0 Å². The first-order chi connectivity index (χ1) is 7.53. The van der Waals surface area contributed by atoms with Crippen molar-refractivity contribution in [3.63, 3.8) is 0 Å². The molecule has 0 radical (unpaired) electrons. The highest BCUT2D eigenvalue weighted by molar-refractivity contribution is 5.39. The lowest BCUT2D eigenvalue weighted by molar-refractivity contribution is -0.142. The van der Waals surface area contributed by atoms with Gasteiger partial charge in [0.1, 0.15) is 6.54 Å². The summed E-state index contributed by atoms with van der Waals surface area (Å²) < 4.78 is 42.2. The molecule has 2 heterocycles. The molecule has 1 atom stereocenters. The molecule has 2 rings (SSSR count). The summed E-state index contributed by atoms with van der Waals surface area (Å²) in [7, 11) is 0. The zero-order valence-corrected chi connectivity index (χ0v) is 8.50. The highest BCUT2D eigenvalue weighted by atomic mass is 19.4. The smallest absolute Gasteiger partial charge is 0.379 e. The standard InChI is InChI=1S/C9H12F3N3O/c10-9(11,12)6-15-4-8(3-13-15)14-7-1-2-16-5-7/h3-4,7,14H,1-2,5-6H2. The van der Waals surface area contributed by atoms with Gasteiger partial charge in [0.25, 0.3) is 0 Å². The van der Waals surface area contributed by atoms with Gasteiger partial charge in [-0.05, 0) is 6.42 Å².